The molecule has 0 fully saturated rings. The number of rotatable bonds is 10. The Morgan fingerprint density at radius 3 is 2.43 bits per heavy atom. The lowest BCUT2D eigenvalue weighted by Gasteiger charge is -2.13. The van der Waals surface area contributed by atoms with Gasteiger partial charge in [-0.2, -0.15) is 10.2 Å². The van der Waals surface area contributed by atoms with Gasteiger partial charge in [-0.1, -0.05) is 6.07 Å². The highest BCUT2D eigenvalue weighted by Crippen LogP contribution is 2.43. The molecule has 15 heteroatoms. The first-order chi connectivity index (χ1) is 20.1. The van der Waals surface area contributed by atoms with E-state index in [-0.39, 0.29) is 33.2 Å². The minimum absolute atomic E-state index is 0.00312. The van der Waals surface area contributed by atoms with Crippen LogP contribution in [0.2, 0.25) is 0 Å². The first-order valence-corrected chi connectivity index (χ1v) is 13.2. The molecule has 5 aromatic rings. The largest absolute Gasteiger partial charge is 0.493 e. The Morgan fingerprint density at radius 1 is 1.12 bits per heavy atom. The van der Waals surface area contributed by atoms with Crippen molar-refractivity contribution in [1.29, 1.82) is 0 Å². The number of carbonyl (C=O) groups is 2. The molecule has 0 spiro atoms. The van der Waals surface area contributed by atoms with Gasteiger partial charge in [-0.25, -0.2) is 18.4 Å². The van der Waals surface area contributed by atoms with E-state index < -0.39 is 23.9 Å². The zero-order valence-corrected chi connectivity index (χ0v) is 23.7. The number of amides is 2. The van der Waals surface area contributed by atoms with Gasteiger partial charge in [0.2, 0.25) is 5.75 Å². The standard InChI is InChI=1S/C27H25F2N7O5S/c1-13-15(11-35(2)33-13)14-10-17(24(28)29)31-27-20(14)21(23(42-27)25(30)37)32-26(38)16-8-9-36(34-16)12-41-22-18(39-3)6-5-7-19(22)40-4/h5-11,24H,12H2,1-4H3,(H2,30,37)(H,32,38). The molecule has 2 amide bonds. The average Bonchev–Trinajstić information content (AvgIpc) is 3.68. The molecule has 3 N–H and O–H groups in total. The van der Waals surface area contributed by atoms with Crippen LogP contribution in [0.15, 0.2) is 42.7 Å². The number of aryl methyl sites for hydroxylation is 2. The summed E-state index contributed by atoms with van der Waals surface area (Å²) >= 11 is 0.810. The van der Waals surface area contributed by atoms with E-state index in [0.717, 1.165) is 11.3 Å². The Labute approximate surface area is 241 Å². The van der Waals surface area contributed by atoms with Crippen LogP contribution in [0.25, 0.3) is 21.3 Å². The molecule has 12 nitrogen and oxygen atoms in total. The molecule has 0 saturated heterocycles. The van der Waals surface area contributed by atoms with Crippen LogP contribution < -0.4 is 25.3 Å². The summed E-state index contributed by atoms with van der Waals surface area (Å²) in [5.74, 6) is -0.270. The van der Waals surface area contributed by atoms with E-state index in [9.17, 15) is 18.4 Å². The van der Waals surface area contributed by atoms with Crippen LogP contribution in [0.5, 0.6) is 17.2 Å². The van der Waals surface area contributed by atoms with Gasteiger partial charge in [0.05, 0.1) is 25.6 Å². The van der Waals surface area contributed by atoms with E-state index in [2.05, 4.69) is 20.5 Å². The Morgan fingerprint density at radius 2 is 1.83 bits per heavy atom. The number of hydrogen-bond acceptors (Lipinski definition) is 9. The van der Waals surface area contributed by atoms with Gasteiger partial charge in [0, 0.05) is 30.4 Å². The molecule has 0 atom stereocenters. The van der Waals surface area contributed by atoms with Crippen molar-refractivity contribution >= 4 is 39.1 Å². The number of halogens is 2. The quantitative estimate of drug-likeness (QED) is 0.238. The van der Waals surface area contributed by atoms with E-state index in [0.29, 0.717) is 34.1 Å². The van der Waals surface area contributed by atoms with Crippen molar-refractivity contribution in [3.63, 3.8) is 0 Å². The SMILES string of the molecule is COc1cccc(OC)c1OCn1ccc(C(=O)Nc2c(C(N)=O)sc3nc(C(F)F)cc(-c4cn(C)nc4C)c23)n1. The molecule has 0 aliphatic carbocycles. The maximum atomic E-state index is 13.8. The van der Waals surface area contributed by atoms with Crippen molar-refractivity contribution in [2.45, 2.75) is 20.1 Å². The summed E-state index contributed by atoms with van der Waals surface area (Å²) < 4.78 is 47.0. The molecule has 0 bridgehead atoms. The predicted molar refractivity (Wildman–Crippen MR) is 150 cm³/mol. The molecule has 1 aromatic carbocycles. The second kappa shape index (κ2) is 11.4. The summed E-state index contributed by atoms with van der Waals surface area (Å²) in [7, 11) is 4.69. The monoisotopic (exact) mass is 597 g/mol. The number of methoxy groups -OCH3 is 2. The Hall–Kier alpha value is -5.05. The number of primary amides is 1. The number of thiophene rings is 1. The molecular formula is C27H25F2N7O5S. The molecule has 0 radical (unpaired) electrons. The number of nitrogens with two attached hydrogens (primary N) is 1. The van der Waals surface area contributed by atoms with Crippen molar-refractivity contribution in [3.05, 3.63) is 64.7 Å². The van der Waals surface area contributed by atoms with Gasteiger partial charge in [-0.05, 0) is 36.8 Å². The highest BCUT2D eigenvalue weighted by molar-refractivity contribution is 7.21. The molecular weight excluding hydrogens is 572 g/mol. The number of ether oxygens (including phenoxy) is 3. The fourth-order valence-corrected chi connectivity index (χ4v) is 5.43. The van der Waals surface area contributed by atoms with Gasteiger partial charge in [0.25, 0.3) is 18.2 Å². The maximum absolute atomic E-state index is 13.8. The van der Waals surface area contributed by atoms with Crippen molar-refractivity contribution in [1.82, 2.24) is 24.5 Å². The Balaban J connectivity index is 1.49. The third kappa shape index (κ3) is 5.33. The normalized spacial score (nSPS) is 11.2. The van der Waals surface area contributed by atoms with Crippen LogP contribution in [0.1, 0.15) is 38.0 Å². The second-order valence-electron chi connectivity index (χ2n) is 9.01. The summed E-state index contributed by atoms with van der Waals surface area (Å²) in [6.45, 7) is 1.64. The Kier molecular flexibility index (Phi) is 7.76. The number of pyridine rings is 1. The first-order valence-electron chi connectivity index (χ1n) is 12.4. The maximum Gasteiger partial charge on any atom is 0.280 e. The summed E-state index contributed by atoms with van der Waals surface area (Å²) in [6.07, 6.45) is 0.313. The second-order valence-corrected chi connectivity index (χ2v) is 10.0. The summed E-state index contributed by atoms with van der Waals surface area (Å²) in [5.41, 5.74) is 6.60. The number of para-hydroxylation sites is 1. The van der Waals surface area contributed by atoms with Crippen molar-refractivity contribution < 1.29 is 32.6 Å². The number of anilines is 1. The van der Waals surface area contributed by atoms with Gasteiger partial charge in [0.1, 0.15) is 15.4 Å². The molecule has 0 aliphatic rings. The Bertz CT molecular complexity index is 1790. The van der Waals surface area contributed by atoms with E-state index >= 15 is 0 Å². The molecule has 42 heavy (non-hydrogen) atoms. The van der Waals surface area contributed by atoms with Crippen LogP contribution in [0.4, 0.5) is 14.5 Å². The number of hydrogen-bond donors (Lipinski definition) is 2. The van der Waals surface area contributed by atoms with Crippen LogP contribution in [0.3, 0.4) is 0 Å². The molecule has 0 aliphatic heterocycles. The highest BCUT2D eigenvalue weighted by atomic mass is 32.1. The molecule has 4 aromatic heterocycles. The summed E-state index contributed by atoms with van der Waals surface area (Å²) in [5, 5.41) is 11.6. The van der Waals surface area contributed by atoms with E-state index in [4.69, 9.17) is 19.9 Å². The average molecular weight is 598 g/mol. The predicted octanol–water partition coefficient (Wildman–Crippen LogP) is 4.54. The minimum Gasteiger partial charge on any atom is -0.493 e. The third-order valence-corrected chi connectivity index (χ3v) is 7.37. The molecule has 0 unspecified atom stereocenters. The van der Waals surface area contributed by atoms with Crippen LogP contribution in [-0.2, 0) is 13.8 Å². The van der Waals surface area contributed by atoms with Crippen molar-refractivity contribution in [2.24, 2.45) is 12.8 Å². The number of benzene rings is 1. The molecule has 5 rings (SSSR count). The van der Waals surface area contributed by atoms with Crippen LogP contribution >= 0.6 is 11.3 Å². The number of carbonyl (C=O) groups excluding carboxylic acids is 2. The van der Waals surface area contributed by atoms with Crippen molar-refractivity contribution in [3.8, 4) is 28.4 Å². The lowest BCUT2D eigenvalue weighted by molar-refractivity contribution is 0.100. The minimum atomic E-state index is -2.87. The van der Waals surface area contributed by atoms with Gasteiger partial charge in [-0.3, -0.25) is 14.3 Å². The number of nitrogens with one attached hydrogen (secondary N) is 1. The number of fused-ring (bicyclic) bond motifs is 1. The lowest BCUT2D eigenvalue weighted by Crippen LogP contribution is -2.18. The van der Waals surface area contributed by atoms with Gasteiger partial charge in [0.15, 0.2) is 23.9 Å². The molecule has 0 saturated carbocycles. The van der Waals surface area contributed by atoms with E-state index in [1.807, 2.05) is 0 Å². The summed E-state index contributed by atoms with van der Waals surface area (Å²) in [4.78, 5) is 29.9. The fraction of sp³-hybridized carbons (Fsp3) is 0.222. The van der Waals surface area contributed by atoms with Crippen LogP contribution in [-0.4, -0.2) is 50.6 Å². The molecule has 218 valence electrons. The zero-order valence-electron chi connectivity index (χ0n) is 22.8. The van der Waals surface area contributed by atoms with E-state index in [1.165, 1.54) is 41.9 Å². The van der Waals surface area contributed by atoms with Gasteiger partial charge >= 0.3 is 0 Å². The lowest BCUT2D eigenvalue weighted by atomic mass is 10.0. The van der Waals surface area contributed by atoms with Gasteiger partial charge < -0.3 is 25.3 Å². The molecule has 4 heterocycles. The number of nitrogens with zero attached hydrogens (tertiary/aromatic N) is 5. The zero-order chi connectivity index (χ0) is 30.1. The highest BCUT2D eigenvalue weighted by Gasteiger charge is 2.27. The number of alkyl halides is 2. The summed E-state index contributed by atoms with van der Waals surface area (Å²) in [6, 6.07) is 7.85. The number of aromatic nitrogens is 5. The fourth-order valence-electron chi connectivity index (χ4n) is 4.42. The van der Waals surface area contributed by atoms with Crippen molar-refractivity contribution in [2.75, 3.05) is 19.5 Å². The van der Waals surface area contributed by atoms with Crippen LogP contribution in [0, 0.1) is 6.92 Å². The smallest absolute Gasteiger partial charge is 0.280 e. The van der Waals surface area contributed by atoms with E-state index in [1.54, 1.807) is 38.4 Å². The third-order valence-electron chi connectivity index (χ3n) is 6.27. The first kappa shape index (κ1) is 28.5. The van der Waals surface area contributed by atoms with Gasteiger partial charge in [-0.15, -0.1) is 11.3 Å². The topological polar surface area (TPSA) is 148 Å².